The predicted molar refractivity (Wildman–Crippen MR) is 66.6 cm³/mol. The quantitative estimate of drug-likeness (QED) is 0.822. The first-order valence-corrected chi connectivity index (χ1v) is 5.57. The second-order valence-electron chi connectivity index (χ2n) is 4.01. The van der Waals surface area contributed by atoms with Crippen LogP contribution < -0.4 is 4.74 Å². The Labute approximate surface area is 105 Å². The number of hydrogen-bond donors (Lipinski definition) is 0. The van der Waals surface area contributed by atoms with Gasteiger partial charge in [0.2, 0.25) is 0 Å². The molecule has 2 aromatic carbocycles. The summed E-state index contributed by atoms with van der Waals surface area (Å²) in [5.41, 5.74) is 2.36. The summed E-state index contributed by atoms with van der Waals surface area (Å²) in [7, 11) is 0. The van der Waals surface area contributed by atoms with Crippen molar-refractivity contribution >= 4 is 0 Å². The van der Waals surface area contributed by atoms with Crippen LogP contribution in [0.3, 0.4) is 0 Å². The Morgan fingerprint density at radius 3 is 2.50 bits per heavy atom. The van der Waals surface area contributed by atoms with Gasteiger partial charge in [0.05, 0.1) is 11.6 Å². The summed E-state index contributed by atoms with van der Waals surface area (Å²) in [6.07, 6.45) is 0. The molecule has 0 saturated heterocycles. The van der Waals surface area contributed by atoms with Crippen molar-refractivity contribution in [2.75, 3.05) is 0 Å². The van der Waals surface area contributed by atoms with Crippen LogP contribution >= 0.6 is 0 Å². The highest BCUT2D eigenvalue weighted by Crippen LogP contribution is 2.19. The van der Waals surface area contributed by atoms with E-state index in [-0.39, 0.29) is 5.82 Å². The van der Waals surface area contributed by atoms with Crippen molar-refractivity contribution in [3.05, 3.63) is 65.0 Å². The minimum absolute atomic E-state index is 0.266. The number of halogens is 1. The van der Waals surface area contributed by atoms with Crippen LogP contribution in [0.2, 0.25) is 0 Å². The van der Waals surface area contributed by atoms with Crippen LogP contribution in [0.25, 0.3) is 0 Å². The topological polar surface area (TPSA) is 33.0 Å². The third-order valence-corrected chi connectivity index (χ3v) is 2.61. The molecule has 0 heterocycles. The smallest absolute Gasteiger partial charge is 0.123 e. The average molecular weight is 241 g/mol. The Balaban J connectivity index is 2.04. The van der Waals surface area contributed by atoms with Gasteiger partial charge in [-0.3, -0.25) is 0 Å². The van der Waals surface area contributed by atoms with E-state index in [9.17, 15) is 4.39 Å². The van der Waals surface area contributed by atoms with E-state index in [1.54, 1.807) is 25.1 Å². The normalized spacial score (nSPS) is 9.83. The Morgan fingerprint density at radius 2 is 1.89 bits per heavy atom. The van der Waals surface area contributed by atoms with Crippen molar-refractivity contribution < 1.29 is 9.13 Å². The molecule has 0 radical (unpaired) electrons. The van der Waals surface area contributed by atoms with Gasteiger partial charge in [0.15, 0.2) is 0 Å². The molecule has 0 saturated carbocycles. The van der Waals surface area contributed by atoms with Crippen LogP contribution in [-0.4, -0.2) is 0 Å². The lowest BCUT2D eigenvalue weighted by Gasteiger charge is -2.09. The molecule has 90 valence electrons. The highest BCUT2D eigenvalue weighted by molar-refractivity contribution is 5.34. The summed E-state index contributed by atoms with van der Waals surface area (Å²) in [5.74, 6) is 0.402. The van der Waals surface area contributed by atoms with Crippen LogP contribution in [0, 0.1) is 24.1 Å². The van der Waals surface area contributed by atoms with E-state index in [0.717, 1.165) is 11.1 Å². The fourth-order valence-electron chi connectivity index (χ4n) is 1.61. The summed E-state index contributed by atoms with van der Waals surface area (Å²) in [6, 6.07) is 13.7. The molecule has 0 spiro atoms. The molecule has 2 nitrogen and oxygen atoms in total. The zero-order chi connectivity index (χ0) is 13.0. The maximum absolute atomic E-state index is 12.9. The maximum atomic E-state index is 12.9. The lowest BCUT2D eigenvalue weighted by Crippen LogP contribution is -1.97. The summed E-state index contributed by atoms with van der Waals surface area (Å²) in [5, 5.41) is 8.68. The van der Waals surface area contributed by atoms with Crippen molar-refractivity contribution in [3.8, 4) is 11.8 Å². The molecule has 0 aliphatic carbocycles. The van der Waals surface area contributed by atoms with Gasteiger partial charge in [0.1, 0.15) is 18.2 Å². The number of hydrogen-bond acceptors (Lipinski definition) is 2. The third-order valence-electron chi connectivity index (χ3n) is 2.61. The predicted octanol–water partition coefficient (Wildman–Crippen LogP) is 3.58. The fraction of sp³-hybridized carbons (Fsp3) is 0.133. The average Bonchev–Trinajstić information content (AvgIpc) is 2.38. The van der Waals surface area contributed by atoms with Crippen LogP contribution in [0.15, 0.2) is 42.5 Å². The summed E-state index contributed by atoms with van der Waals surface area (Å²) < 4.78 is 18.5. The molecular weight excluding hydrogens is 229 g/mol. The molecule has 0 aliphatic rings. The van der Waals surface area contributed by atoms with E-state index < -0.39 is 0 Å². The van der Waals surface area contributed by atoms with E-state index in [2.05, 4.69) is 6.07 Å². The molecule has 0 fully saturated rings. The summed E-state index contributed by atoms with van der Waals surface area (Å²) in [4.78, 5) is 0. The Kier molecular flexibility index (Phi) is 3.59. The first-order valence-electron chi connectivity index (χ1n) is 5.57. The van der Waals surface area contributed by atoms with E-state index in [1.165, 1.54) is 12.1 Å². The van der Waals surface area contributed by atoms with Gasteiger partial charge in [-0.25, -0.2) is 4.39 Å². The second kappa shape index (κ2) is 5.33. The molecule has 18 heavy (non-hydrogen) atoms. The molecule has 0 bridgehead atoms. The van der Waals surface area contributed by atoms with Crippen molar-refractivity contribution in [2.24, 2.45) is 0 Å². The standard InChI is InChI=1S/C15H12FNO/c1-11-8-14(16)6-7-15(11)18-10-13-4-2-12(9-17)3-5-13/h2-8H,10H2,1H3. The van der Waals surface area contributed by atoms with E-state index in [0.29, 0.717) is 17.9 Å². The molecule has 0 aliphatic heterocycles. The first-order chi connectivity index (χ1) is 8.69. The van der Waals surface area contributed by atoms with Crippen molar-refractivity contribution in [2.45, 2.75) is 13.5 Å². The number of ether oxygens (including phenoxy) is 1. The first kappa shape index (κ1) is 12.1. The maximum Gasteiger partial charge on any atom is 0.123 e. The van der Waals surface area contributed by atoms with Gasteiger partial charge in [-0.15, -0.1) is 0 Å². The van der Waals surface area contributed by atoms with Gasteiger partial charge in [0, 0.05) is 0 Å². The second-order valence-corrected chi connectivity index (χ2v) is 4.01. The van der Waals surface area contributed by atoms with Gasteiger partial charge in [-0.2, -0.15) is 5.26 Å². The zero-order valence-corrected chi connectivity index (χ0v) is 9.98. The Bertz CT molecular complexity index is 584. The Hall–Kier alpha value is -2.34. The summed E-state index contributed by atoms with van der Waals surface area (Å²) in [6.45, 7) is 2.20. The number of rotatable bonds is 3. The van der Waals surface area contributed by atoms with Crippen LogP contribution in [0.4, 0.5) is 4.39 Å². The molecule has 0 unspecified atom stereocenters. The zero-order valence-electron chi connectivity index (χ0n) is 9.98. The SMILES string of the molecule is Cc1cc(F)ccc1OCc1ccc(C#N)cc1. The highest BCUT2D eigenvalue weighted by Gasteiger charge is 2.01. The molecule has 0 amide bonds. The van der Waals surface area contributed by atoms with E-state index in [1.807, 2.05) is 12.1 Å². The molecule has 2 aromatic rings. The van der Waals surface area contributed by atoms with E-state index >= 15 is 0 Å². The van der Waals surface area contributed by atoms with E-state index in [4.69, 9.17) is 10.00 Å². The van der Waals surface area contributed by atoms with Crippen molar-refractivity contribution in [1.82, 2.24) is 0 Å². The highest BCUT2D eigenvalue weighted by atomic mass is 19.1. The molecule has 0 N–H and O–H groups in total. The van der Waals surface area contributed by atoms with Gasteiger partial charge in [-0.1, -0.05) is 12.1 Å². The summed E-state index contributed by atoms with van der Waals surface area (Å²) >= 11 is 0. The third kappa shape index (κ3) is 2.86. The molecule has 3 heteroatoms. The minimum atomic E-state index is -0.266. The Morgan fingerprint density at radius 1 is 1.17 bits per heavy atom. The lowest BCUT2D eigenvalue weighted by atomic mass is 10.1. The number of nitriles is 1. The van der Waals surface area contributed by atoms with Crippen LogP contribution in [-0.2, 0) is 6.61 Å². The van der Waals surface area contributed by atoms with Gasteiger partial charge < -0.3 is 4.74 Å². The van der Waals surface area contributed by atoms with Gasteiger partial charge in [-0.05, 0) is 48.4 Å². The van der Waals surface area contributed by atoms with Crippen molar-refractivity contribution in [1.29, 1.82) is 5.26 Å². The van der Waals surface area contributed by atoms with Gasteiger partial charge >= 0.3 is 0 Å². The molecule has 0 atom stereocenters. The number of benzene rings is 2. The van der Waals surface area contributed by atoms with Crippen molar-refractivity contribution in [3.63, 3.8) is 0 Å². The minimum Gasteiger partial charge on any atom is -0.489 e. The molecule has 0 aromatic heterocycles. The number of aryl methyl sites for hydroxylation is 1. The van der Waals surface area contributed by atoms with Crippen LogP contribution in [0.5, 0.6) is 5.75 Å². The van der Waals surface area contributed by atoms with Crippen LogP contribution in [0.1, 0.15) is 16.7 Å². The van der Waals surface area contributed by atoms with Gasteiger partial charge in [0.25, 0.3) is 0 Å². The lowest BCUT2D eigenvalue weighted by molar-refractivity contribution is 0.303. The largest absolute Gasteiger partial charge is 0.489 e. The monoisotopic (exact) mass is 241 g/mol. The fourth-order valence-corrected chi connectivity index (χ4v) is 1.61. The number of nitrogens with zero attached hydrogens (tertiary/aromatic N) is 1. The molecular formula is C15H12FNO. The molecule has 2 rings (SSSR count).